The normalized spacial score (nSPS) is 10.4. The molecule has 0 saturated heterocycles. The number of rotatable bonds is 5. The standard InChI is InChI=1S/C15H15Br2NO2/c1-10-6-12(17)7-11(8-16)15(10)20-9-13-4-3-5-14(18-13)19-2/h3-7H,8-9H2,1-2H3. The van der Waals surface area contributed by atoms with Crippen LogP contribution in [0.2, 0.25) is 0 Å². The van der Waals surface area contributed by atoms with E-state index in [-0.39, 0.29) is 0 Å². The predicted molar refractivity (Wildman–Crippen MR) is 86.6 cm³/mol. The van der Waals surface area contributed by atoms with E-state index < -0.39 is 0 Å². The van der Waals surface area contributed by atoms with Crippen LogP contribution in [0.25, 0.3) is 0 Å². The van der Waals surface area contributed by atoms with Gasteiger partial charge >= 0.3 is 0 Å². The van der Waals surface area contributed by atoms with E-state index in [0.717, 1.165) is 32.4 Å². The SMILES string of the molecule is COc1cccc(COc2c(C)cc(Br)cc2CBr)n1. The lowest BCUT2D eigenvalue weighted by Crippen LogP contribution is -2.02. The molecule has 106 valence electrons. The highest BCUT2D eigenvalue weighted by Gasteiger charge is 2.09. The van der Waals surface area contributed by atoms with Crippen LogP contribution in [0.1, 0.15) is 16.8 Å². The second-order valence-corrected chi connectivity index (χ2v) is 5.78. The molecule has 0 unspecified atom stereocenters. The summed E-state index contributed by atoms with van der Waals surface area (Å²) in [5.74, 6) is 1.49. The van der Waals surface area contributed by atoms with Crippen molar-refractivity contribution in [2.45, 2.75) is 18.9 Å². The zero-order valence-corrected chi connectivity index (χ0v) is 14.5. The smallest absolute Gasteiger partial charge is 0.213 e. The Hall–Kier alpha value is -1.07. The third kappa shape index (κ3) is 3.73. The number of halogens is 2. The lowest BCUT2D eigenvalue weighted by Gasteiger charge is -2.13. The van der Waals surface area contributed by atoms with Gasteiger partial charge in [0.25, 0.3) is 0 Å². The minimum Gasteiger partial charge on any atom is -0.487 e. The van der Waals surface area contributed by atoms with Crippen LogP contribution in [0.3, 0.4) is 0 Å². The summed E-state index contributed by atoms with van der Waals surface area (Å²) in [6, 6.07) is 9.74. The minimum atomic E-state index is 0.416. The fourth-order valence-electron chi connectivity index (χ4n) is 1.90. The molecule has 20 heavy (non-hydrogen) atoms. The largest absolute Gasteiger partial charge is 0.487 e. The Balaban J connectivity index is 2.18. The number of nitrogens with zero attached hydrogens (tertiary/aromatic N) is 1. The van der Waals surface area contributed by atoms with Crippen LogP contribution in [0, 0.1) is 6.92 Å². The van der Waals surface area contributed by atoms with E-state index in [1.807, 2.05) is 31.2 Å². The van der Waals surface area contributed by atoms with Gasteiger partial charge in [0.1, 0.15) is 12.4 Å². The van der Waals surface area contributed by atoms with Crippen LogP contribution in [-0.4, -0.2) is 12.1 Å². The van der Waals surface area contributed by atoms with Gasteiger partial charge in [-0.2, -0.15) is 0 Å². The number of ether oxygens (including phenoxy) is 2. The predicted octanol–water partition coefficient (Wildman–Crippen LogP) is 4.64. The highest BCUT2D eigenvalue weighted by atomic mass is 79.9. The fraction of sp³-hybridized carbons (Fsp3) is 0.267. The van der Waals surface area contributed by atoms with Crippen LogP contribution in [-0.2, 0) is 11.9 Å². The van der Waals surface area contributed by atoms with Crippen molar-refractivity contribution in [3.8, 4) is 11.6 Å². The van der Waals surface area contributed by atoms with E-state index in [4.69, 9.17) is 9.47 Å². The van der Waals surface area contributed by atoms with Gasteiger partial charge in [-0.05, 0) is 30.7 Å². The topological polar surface area (TPSA) is 31.4 Å². The summed E-state index contributed by atoms with van der Waals surface area (Å²) in [4.78, 5) is 4.34. The van der Waals surface area contributed by atoms with Gasteiger partial charge in [-0.25, -0.2) is 4.98 Å². The number of pyridine rings is 1. The molecule has 0 atom stereocenters. The number of hydrogen-bond donors (Lipinski definition) is 0. The molecule has 0 fully saturated rings. The first-order chi connectivity index (χ1) is 9.63. The van der Waals surface area contributed by atoms with E-state index in [1.165, 1.54) is 0 Å². The average Bonchev–Trinajstić information content (AvgIpc) is 2.45. The van der Waals surface area contributed by atoms with Crippen molar-refractivity contribution < 1.29 is 9.47 Å². The van der Waals surface area contributed by atoms with Crippen molar-refractivity contribution in [1.29, 1.82) is 0 Å². The summed E-state index contributed by atoms with van der Waals surface area (Å²) in [5.41, 5.74) is 3.05. The Morgan fingerprint density at radius 2 is 2.05 bits per heavy atom. The molecule has 1 aromatic heterocycles. The second-order valence-electron chi connectivity index (χ2n) is 4.30. The molecule has 0 aliphatic rings. The highest BCUT2D eigenvalue weighted by molar-refractivity contribution is 9.10. The Bertz CT molecular complexity index is 602. The van der Waals surface area contributed by atoms with E-state index in [1.54, 1.807) is 7.11 Å². The molecule has 5 heteroatoms. The first-order valence-corrected chi connectivity index (χ1v) is 8.03. The van der Waals surface area contributed by atoms with Crippen molar-refractivity contribution in [2.75, 3.05) is 7.11 Å². The number of aryl methyl sites for hydroxylation is 1. The van der Waals surface area contributed by atoms with Gasteiger partial charge in [0, 0.05) is 21.4 Å². The summed E-state index contributed by atoms with van der Waals surface area (Å²) < 4.78 is 12.1. The molecule has 2 aromatic rings. The molecule has 0 saturated carbocycles. The number of benzene rings is 1. The Morgan fingerprint density at radius 3 is 2.75 bits per heavy atom. The third-order valence-electron chi connectivity index (χ3n) is 2.82. The molecule has 0 aliphatic carbocycles. The maximum absolute atomic E-state index is 5.93. The first-order valence-electron chi connectivity index (χ1n) is 6.11. The van der Waals surface area contributed by atoms with Gasteiger partial charge < -0.3 is 9.47 Å². The van der Waals surface area contributed by atoms with Crippen molar-refractivity contribution in [1.82, 2.24) is 4.98 Å². The van der Waals surface area contributed by atoms with Crippen LogP contribution in [0.5, 0.6) is 11.6 Å². The molecule has 1 aromatic carbocycles. The molecule has 0 N–H and O–H groups in total. The molecule has 0 radical (unpaired) electrons. The molecule has 3 nitrogen and oxygen atoms in total. The number of hydrogen-bond acceptors (Lipinski definition) is 3. The molecular weight excluding hydrogens is 386 g/mol. The van der Waals surface area contributed by atoms with Crippen molar-refractivity contribution in [3.63, 3.8) is 0 Å². The van der Waals surface area contributed by atoms with Gasteiger partial charge in [-0.15, -0.1) is 0 Å². The van der Waals surface area contributed by atoms with Crippen LogP contribution < -0.4 is 9.47 Å². The van der Waals surface area contributed by atoms with E-state index in [9.17, 15) is 0 Å². The average molecular weight is 401 g/mol. The molecular formula is C15H15Br2NO2. The Kier molecular flexibility index (Phi) is 5.43. The summed E-state index contributed by atoms with van der Waals surface area (Å²) >= 11 is 6.99. The lowest BCUT2D eigenvalue weighted by molar-refractivity contribution is 0.294. The Labute approximate surface area is 135 Å². The summed E-state index contributed by atoms with van der Waals surface area (Å²) in [5, 5.41) is 0.744. The number of alkyl halides is 1. The van der Waals surface area contributed by atoms with Crippen molar-refractivity contribution in [2.24, 2.45) is 0 Å². The monoisotopic (exact) mass is 399 g/mol. The number of aromatic nitrogens is 1. The second kappa shape index (κ2) is 7.09. The zero-order valence-electron chi connectivity index (χ0n) is 11.3. The van der Waals surface area contributed by atoms with Crippen molar-refractivity contribution in [3.05, 3.63) is 51.6 Å². The molecule has 0 aliphatic heterocycles. The summed E-state index contributed by atoms with van der Waals surface area (Å²) in [6.07, 6.45) is 0. The van der Waals surface area contributed by atoms with Gasteiger partial charge in [0.2, 0.25) is 5.88 Å². The maximum atomic E-state index is 5.93. The Morgan fingerprint density at radius 1 is 1.25 bits per heavy atom. The van der Waals surface area contributed by atoms with Crippen LogP contribution in [0.4, 0.5) is 0 Å². The molecule has 2 rings (SSSR count). The summed E-state index contributed by atoms with van der Waals surface area (Å²) in [7, 11) is 1.61. The van der Waals surface area contributed by atoms with Crippen molar-refractivity contribution >= 4 is 31.9 Å². The quantitative estimate of drug-likeness (QED) is 0.685. The van der Waals surface area contributed by atoms with Gasteiger partial charge in [-0.3, -0.25) is 0 Å². The van der Waals surface area contributed by atoms with Crippen LogP contribution in [0.15, 0.2) is 34.8 Å². The molecule has 0 amide bonds. The van der Waals surface area contributed by atoms with E-state index >= 15 is 0 Å². The van der Waals surface area contributed by atoms with Crippen LogP contribution >= 0.6 is 31.9 Å². The molecule has 0 spiro atoms. The zero-order chi connectivity index (χ0) is 14.5. The molecule has 0 bridgehead atoms. The highest BCUT2D eigenvalue weighted by Crippen LogP contribution is 2.30. The summed E-state index contributed by atoms with van der Waals surface area (Å²) in [6.45, 7) is 2.45. The van der Waals surface area contributed by atoms with E-state index in [2.05, 4.69) is 42.9 Å². The van der Waals surface area contributed by atoms with Gasteiger partial charge in [0.05, 0.1) is 12.8 Å². The lowest BCUT2D eigenvalue weighted by atomic mass is 10.1. The van der Waals surface area contributed by atoms with Gasteiger partial charge in [0.15, 0.2) is 0 Å². The minimum absolute atomic E-state index is 0.416. The third-order valence-corrected chi connectivity index (χ3v) is 3.88. The number of methoxy groups -OCH3 is 1. The molecule has 1 heterocycles. The first kappa shape index (κ1) is 15.3. The van der Waals surface area contributed by atoms with E-state index in [0.29, 0.717) is 12.5 Å². The fourth-order valence-corrected chi connectivity index (χ4v) is 2.94. The van der Waals surface area contributed by atoms with Gasteiger partial charge in [-0.1, -0.05) is 37.9 Å². The maximum Gasteiger partial charge on any atom is 0.213 e.